The molecule has 0 radical (unpaired) electrons. The lowest BCUT2D eigenvalue weighted by Gasteiger charge is -2.15. The molecule has 1 rings (SSSR count). The van der Waals surface area contributed by atoms with Crippen molar-refractivity contribution in [2.75, 3.05) is 18.6 Å². The van der Waals surface area contributed by atoms with E-state index in [0.29, 0.717) is 6.04 Å². The molecule has 0 saturated carbocycles. The zero-order chi connectivity index (χ0) is 11.1. The Morgan fingerprint density at radius 1 is 1.60 bits per heavy atom. The van der Waals surface area contributed by atoms with E-state index in [0.717, 1.165) is 24.4 Å². The maximum atomic E-state index is 4.11. The van der Waals surface area contributed by atoms with Gasteiger partial charge in [-0.25, -0.2) is 0 Å². The smallest absolute Gasteiger partial charge is 0.0842 e. The van der Waals surface area contributed by atoms with Gasteiger partial charge in [0.1, 0.15) is 0 Å². The highest BCUT2D eigenvalue weighted by molar-refractivity contribution is 7.98. The molecule has 0 bridgehead atoms. The average Bonchev–Trinajstić information content (AvgIpc) is 2.61. The summed E-state index contributed by atoms with van der Waals surface area (Å²) in [5, 5.41) is 11.6. The predicted molar refractivity (Wildman–Crippen MR) is 65.2 cm³/mol. The van der Waals surface area contributed by atoms with E-state index in [1.807, 2.05) is 25.0 Å². The summed E-state index contributed by atoms with van der Waals surface area (Å²) in [6, 6.07) is 0.511. The van der Waals surface area contributed by atoms with Gasteiger partial charge in [-0.3, -0.25) is 4.68 Å². The first-order valence-corrected chi connectivity index (χ1v) is 6.73. The van der Waals surface area contributed by atoms with E-state index in [4.69, 9.17) is 0 Å². The molecule has 1 unspecified atom stereocenters. The lowest BCUT2D eigenvalue weighted by Crippen LogP contribution is -2.34. The Balaban J connectivity index is 2.42. The third-order valence-corrected chi connectivity index (χ3v) is 2.89. The van der Waals surface area contributed by atoms with Crippen LogP contribution in [0.2, 0.25) is 0 Å². The van der Waals surface area contributed by atoms with Crippen LogP contribution in [0.1, 0.15) is 19.0 Å². The van der Waals surface area contributed by atoms with E-state index in [9.17, 15) is 0 Å². The molecule has 1 heterocycles. The first-order valence-electron chi connectivity index (χ1n) is 5.33. The molecule has 0 spiro atoms. The van der Waals surface area contributed by atoms with Gasteiger partial charge in [-0.15, -0.1) is 5.10 Å². The molecule has 1 aromatic heterocycles. The van der Waals surface area contributed by atoms with Crippen molar-refractivity contribution in [2.24, 2.45) is 7.05 Å². The molecule has 5 heteroatoms. The molecule has 0 aliphatic carbocycles. The van der Waals surface area contributed by atoms with E-state index in [2.05, 4.69) is 28.8 Å². The second kappa shape index (κ2) is 6.85. The van der Waals surface area contributed by atoms with Crippen LogP contribution >= 0.6 is 11.8 Å². The van der Waals surface area contributed by atoms with E-state index < -0.39 is 0 Å². The highest BCUT2D eigenvalue weighted by atomic mass is 32.2. The first kappa shape index (κ1) is 12.5. The molecule has 0 saturated heterocycles. The van der Waals surface area contributed by atoms with Crippen LogP contribution in [0.25, 0.3) is 0 Å². The van der Waals surface area contributed by atoms with Crippen molar-refractivity contribution >= 4 is 11.8 Å². The van der Waals surface area contributed by atoms with Gasteiger partial charge in [-0.1, -0.05) is 12.1 Å². The molecule has 1 N–H and O–H groups in total. The van der Waals surface area contributed by atoms with Gasteiger partial charge in [0.05, 0.1) is 5.69 Å². The van der Waals surface area contributed by atoms with Crippen LogP contribution in [-0.2, 0) is 13.5 Å². The van der Waals surface area contributed by atoms with Gasteiger partial charge in [0.2, 0.25) is 0 Å². The van der Waals surface area contributed by atoms with Gasteiger partial charge in [0.25, 0.3) is 0 Å². The summed E-state index contributed by atoms with van der Waals surface area (Å²) in [6.07, 6.45) is 6.26. The summed E-state index contributed by atoms with van der Waals surface area (Å²) in [6.45, 7) is 3.26. The topological polar surface area (TPSA) is 42.7 Å². The van der Waals surface area contributed by atoms with Gasteiger partial charge in [-0.05, 0) is 19.2 Å². The van der Waals surface area contributed by atoms with Gasteiger partial charge in [0.15, 0.2) is 0 Å². The second-order valence-corrected chi connectivity index (χ2v) is 4.60. The lowest BCUT2D eigenvalue weighted by atomic mass is 10.2. The Hall–Kier alpha value is -0.550. The summed E-state index contributed by atoms with van der Waals surface area (Å²) in [5.41, 5.74) is 1.07. The molecule has 0 amide bonds. The summed E-state index contributed by atoms with van der Waals surface area (Å²) < 4.78 is 1.76. The number of hydrogen-bond donors (Lipinski definition) is 1. The minimum Gasteiger partial charge on any atom is -0.313 e. The van der Waals surface area contributed by atoms with Crippen molar-refractivity contribution in [1.29, 1.82) is 0 Å². The molecular weight excluding hydrogens is 208 g/mol. The van der Waals surface area contributed by atoms with Crippen LogP contribution in [0.4, 0.5) is 0 Å². The molecule has 86 valence electrons. The Kier molecular flexibility index (Phi) is 5.71. The van der Waals surface area contributed by atoms with Crippen LogP contribution in [0.15, 0.2) is 6.20 Å². The maximum Gasteiger partial charge on any atom is 0.0842 e. The fraction of sp³-hybridized carbons (Fsp3) is 0.800. The monoisotopic (exact) mass is 228 g/mol. The zero-order valence-electron chi connectivity index (χ0n) is 9.73. The number of aryl methyl sites for hydroxylation is 1. The van der Waals surface area contributed by atoms with Crippen LogP contribution < -0.4 is 5.32 Å². The Labute approximate surface area is 95.8 Å². The number of nitrogens with zero attached hydrogens (tertiary/aromatic N) is 3. The zero-order valence-corrected chi connectivity index (χ0v) is 10.5. The average molecular weight is 228 g/mol. The predicted octanol–water partition coefficient (Wildman–Crippen LogP) is 1.09. The fourth-order valence-corrected chi connectivity index (χ4v) is 2.12. The third kappa shape index (κ3) is 4.66. The SMILES string of the molecule is CCCNC(CSC)Cc1cn(C)nn1. The molecule has 0 aromatic carbocycles. The van der Waals surface area contributed by atoms with Gasteiger partial charge >= 0.3 is 0 Å². The summed E-state index contributed by atoms with van der Waals surface area (Å²) in [4.78, 5) is 0. The van der Waals surface area contributed by atoms with Crippen molar-refractivity contribution in [3.05, 3.63) is 11.9 Å². The van der Waals surface area contributed by atoms with Crippen molar-refractivity contribution in [2.45, 2.75) is 25.8 Å². The maximum absolute atomic E-state index is 4.11. The first-order chi connectivity index (χ1) is 7.26. The molecule has 0 aliphatic heterocycles. The van der Waals surface area contributed by atoms with Crippen molar-refractivity contribution < 1.29 is 0 Å². The third-order valence-electron chi connectivity index (χ3n) is 2.16. The largest absolute Gasteiger partial charge is 0.313 e. The number of nitrogens with one attached hydrogen (secondary N) is 1. The van der Waals surface area contributed by atoms with E-state index in [1.54, 1.807) is 4.68 Å². The van der Waals surface area contributed by atoms with Crippen LogP contribution in [0.3, 0.4) is 0 Å². The highest BCUT2D eigenvalue weighted by Crippen LogP contribution is 2.04. The number of rotatable bonds is 7. The lowest BCUT2D eigenvalue weighted by molar-refractivity contribution is 0.545. The molecule has 1 atom stereocenters. The Morgan fingerprint density at radius 2 is 2.40 bits per heavy atom. The summed E-state index contributed by atoms with van der Waals surface area (Å²) >= 11 is 1.87. The molecule has 1 aromatic rings. The number of aromatic nitrogens is 3. The van der Waals surface area contributed by atoms with Gasteiger partial charge < -0.3 is 5.32 Å². The quantitative estimate of drug-likeness (QED) is 0.758. The van der Waals surface area contributed by atoms with E-state index >= 15 is 0 Å². The van der Waals surface area contributed by atoms with E-state index in [-0.39, 0.29) is 0 Å². The molecule has 0 fully saturated rings. The molecule has 0 aliphatic rings. The van der Waals surface area contributed by atoms with Crippen LogP contribution in [-0.4, -0.2) is 39.6 Å². The minimum atomic E-state index is 0.511. The molecule has 4 nitrogen and oxygen atoms in total. The second-order valence-electron chi connectivity index (χ2n) is 3.69. The minimum absolute atomic E-state index is 0.511. The van der Waals surface area contributed by atoms with Crippen molar-refractivity contribution in [1.82, 2.24) is 20.3 Å². The van der Waals surface area contributed by atoms with Crippen molar-refractivity contribution in [3.63, 3.8) is 0 Å². The Bertz CT molecular complexity index is 274. The summed E-state index contributed by atoms with van der Waals surface area (Å²) in [5.74, 6) is 1.12. The highest BCUT2D eigenvalue weighted by Gasteiger charge is 2.10. The van der Waals surface area contributed by atoms with Gasteiger partial charge in [0, 0.05) is 31.5 Å². The molecule has 15 heavy (non-hydrogen) atoms. The van der Waals surface area contributed by atoms with Crippen molar-refractivity contribution in [3.8, 4) is 0 Å². The number of thioether (sulfide) groups is 1. The van der Waals surface area contributed by atoms with E-state index in [1.165, 1.54) is 6.42 Å². The normalized spacial score (nSPS) is 13.0. The Morgan fingerprint density at radius 3 is 2.93 bits per heavy atom. The standard InChI is InChI=1S/C10H20N4S/c1-4-5-11-10(8-15-3)6-9-7-14(2)13-12-9/h7,10-11H,4-6,8H2,1-3H3. The summed E-state index contributed by atoms with van der Waals surface area (Å²) in [7, 11) is 1.90. The van der Waals surface area contributed by atoms with Crippen LogP contribution in [0.5, 0.6) is 0 Å². The molecular formula is C10H20N4S. The van der Waals surface area contributed by atoms with Crippen LogP contribution in [0, 0.1) is 0 Å². The number of hydrogen-bond acceptors (Lipinski definition) is 4. The fourth-order valence-electron chi connectivity index (χ4n) is 1.48. The van der Waals surface area contributed by atoms with Gasteiger partial charge in [-0.2, -0.15) is 11.8 Å².